The van der Waals surface area contributed by atoms with E-state index in [2.05, 4.69) is 5.32 Å². The molecule has 3 aromatic rings. The number of halogens is 3. The van der Waals surface area contributed by atoms with Crippen LogP contribution < -0.4 is 10.1 Å². The van der Waals surface area contributed by atoms with Gasteiger partial charge in [0.2, 0.25) is 0 Å². The number of nitriles is 1. The molecule has 7 heteroatoms. The smallest absolute Gasteiger partial charge is 0.266 e. The van der Waals surface area contributed by atoms with Crippen molar-refractivity contribution in [2.24, 2.45) is 0 Å². The Hall–Kier alpha value is -2.97. The molecule has 3 aromatic carbocycles. The van der Waals surface area contributed by atoms with Crippen LogP contribution in [0.15, 0.2) is 66.2 Å². The van der Waals surface area contributed by atoms with Crippen LogP contribution in [-0.2, 0) is 11.2 Å². The Morgan fingerprint density at radius 3 is 2.45 bits per heavy atom. The minimum absolute atomic E-state index is 0.0630. The first-order valence-corrected chi connectivity index (χ1v) is 10.3. The molecule has 0 unspecified atom stereocenters. The van der Waals surface area contributed by atoms with Crippen LogP contribution in [0.5, 0.6) is 5.75 Å². The summed E-state index contributed by atoms with van der Waals surface area (Å²) in [7, 11) is 1.57. The summed E-state index contributed by atoms with van der Waals surface area (Å²) in [4.78, 5) is 12.5. The van der Waals surface area contributed by atoms with Gasteiger partial charge in [0.1, 0.15) is 17.4 Å². The van der Waals surface area contributed by atoms with Gasteiger partial charge in [-0.3, -0.25) is 4.79 Å². The summed E-state index contributed by atoms with van der Waals surface area (Å²) in [5.74, 6) is 0.0795. The molecule has 0 fully saturated rings. The summed E-state index contributed by atoms with van der Waals surface area (Å²) in [6.45, 7) is 0. The van der Waals surface area contributed by atoms with Gasteiger partial charge in [0.15, 0.2) is 0 Å². The molecule has 1 N–H and O–H groups in total. The van der Waals surface area contributed by atoms with E-state index in [4.69, 9.17) is 39.5 Å². The topological polar surface area (TPSA) is 62.1 Å². The molecule has 0 bridgehead atoms. The summed E-state index contributed by atoms with van der Waals surface area (Å²) < 4.78 is 5.51. The monoisotopic (exact) mass is 470 g/mol. The molecule has 0 aromatic heterocycles. The highest BCUT2D eigenvalue weighted by Crippen LogP contribution is 2.28. The van der Waals surface area contributed by atoms with Crippen molar-refractivity contribution < 1.29 is 9.53 Å². The zero-order valence-corrected chi connectivity index (χ0v) is 18.7. The quantitative estimate of drug-likeness (QED) is 0.318. The van der Waals surface area contributed by atoms with Crippen molar-refractivity contribution >= 4 is 52.5 Å². The number of nitrogens with one attached hydrogen (secondary N) is 1. The molecule has 0 saturated heterocycles. The van der Waals surface area contributed by atoms with Crippen LogP contribution >= 0.6 is 34.8 Å². The fourth-order valence-electron chi connectivity index (χ4n) is 2.93. The van der Waals surface area contributed by atoms with Crippen molar-refractivity contribution in [1.29, 1.82) is 5.26 Å². The molecule has 3 rings (SSSR count). The molecular weight excluding hydrogens is 455 g/mol. The SMILES string of the molecule is COc1cc(/C=C(\C#N)C(=O)Nc2ccc(Cl)c(Cl)c2)ccc1Cc1ccccc1Cl. The van der Waals surface area contributed by atoms with Gasteiger partial charge >= 0.3 is 0 Å². The van der Waals surface area contributed by atoms with Crippen LogP contribution in [0.25, 0.3) is 6.08 Å². The van der Waals surface area contributed by atoms with Gasteiger partial charge in [-0.15, -0.1) is 0 Å². The van der Waals surface area contributed by atoms with Crippen LogP contribution in [-0.4, -0.2) is 13.0 Å². The normalized spacial score (nSPS) is 11.0. The number of ether oxygens (including phenoxy) is 1. The maximum absolute atomic E-state index is 12.5. The highest BCUT2D eigenvalue weighted by Gasteiger charge is 2.12. The lowest BCUT2D eigenvalue weighted by Gasteiger charge is -2.11. The Bertz CT molecular complexity index is 1200. The van der Waals surface area contributed by atoms with Crippen LogP contribution in [0.2, 0.25) is 15.1 Å². The fraction of sp³-hybridized carbons (Fsp3) is 0.0833. The first kappa shape index (κ1) is 22.7. The minimum atomic E-state index is -0.556. The summed E-state index contributed by atoms with van der Waals surface area (Å²) >= 11 is 18.1. The lowest BCUT2D eigenvalue weighted by Crippen LogP contribution is -2.13. The fourth-order valence-corrected chi connectivity index (χ4v) is 3.43. The Morgan fingerprint density at radius 2 is 1.77 bits per heavy atom. The van der Waals surface area contributed by atoms with E-state index in [0.29, 0.717) is 38.5 Å². The Balaban J connectivity index is 1.83. The van der Waals surface area contributed by atoms with E-state index in [1.807, 2.05) is 42.5 Å². The van der Waals surface area contributed by atoms with Gasteiger partial charge < -0.3 is 10.1 Å². The minimum Gasteiger partial charge on any atom is -0.496 e. The van der Waals surface area contributed by atoms with Gasteiger partial charge in [-0.2, -0.15) is 5.26 Å². The second-order valence-corrected chi connectivity index (χ2v) is 7.81. The largest absolute Gasteiger partial charge is 0.496 e. The summed E-state index contributed by atoms with van der Waals surface area (Å²) in [5.41, 5.74) is 2.94. The third-order valence-corrected chi connectivity index (χ3v) is 5.61. The van der Waals surface area contributed by atoms with Crippen molar-refractivity contribution in [3.63, 3.8) is 0 Å². The number of benzene rings is 3. The second kappa shape index (κ2) is 10.4. The van der Waals surface area contributed by atoms with E-state index in [0.717, 1.165) is 11.1 Å². The van der Waals surface area contributed by atoms with Crippen molar-refractivity contribution in [3.8, 4) is 11.8 Å². The molecule has 0 aliphatic carbocycles. The maximum atomic E-state index is 12.5. The third kappa shape index (κ3) is 5.80. The van der Waals surface area contributed by atoms with E-state index < -0.39 is 5.91 Å². The Kier molecular flexibility index (Phi) is 7.59. The molecule has 0 radical (unpaired) electrons. The first-order chi connectivity index (χ1) is 14.9. The van der Waals surface area contributed by atoms with Gasteiger partial charge in [-0.25, -0.2) is 0 Å². The number of carbonyl (C=O) groups is 1. The number of rotatable bonds is 6. The van der Waals surface area contributed by atoms with Gasteiger partial charge in [0.25, 0.3) is 5.91 Å². The molecule has 156 valence electrons. The molecule has 0 atom stereocenters. The van der Waals surface area contributed by atoms with Gasteiger partial charge in [-0.05, 0) is 53.1 Å². The zero-order chi connectivity index (χ0) is 22.4. The predicted octanol–water partition coefficient (Wildman–Crippen LogP) is 6.79. The molecule has 0 saturated carbocycles. The van der Waals surface area contributed by atoms with Crippen LogP contribution in [0.1, 0.15) is 16.7 Å². The van der Waals surface area contributed by atoms with E-state index in [1.54, 1.807) is 25.3 Å². The van der Waals surface area contributed by atoms with Crippen LogP contribution in [0.3, 0.4) is 0 Å². The number of amides is 1. The molecule has 1 amide bonds. The number of methoxy groups -OCH3 is 1. The lowest BCUT2D eigenvalue weighted by atomic mass is 10.0. The van der Waals surface area contributed by atoms with Crippen molar-refractivity contribution in [3.05, 3.63) is 98.0 Å². The summed E-state index contributed by atoms with van der Waals surface area (Å²) in [6.07, 6.45) is 2.09. The standard InChI is InChI=1S/C24H17Cl3N2O2/c1-31-23-11-15(6-7-17(23)12-16-4-2-3-5-20(16)25)10-18(14-28)24(30)29-19-8-9-21(26)22(27)13-19/h2-11,13H,12H2,1H3,(H,29,30)/b18-10+. The molecule has 0 aliphatic heterocycles. The first-order valence-electron chi connectivity index (χ1n) is 9.19. The summed E-state index contributed by atoms with van der Waals surface area (Å²) in [6, 6.07) is 19.7. The number of hydrogen-bond acceptors (Lipinski definition) is 3. The second-order valence-electron chi connectivity index (χ2n) is 6.59. The summed E-state index contributed by atoms with van der Waals surface area (Å²) in [5, 5.41) is 13.5. The molecule has 0 spiro atoms. The molecule has 0 heterocycles. The lowest BCUT2D eigenvalue weighted by molar-refractivity contribution is -0.112. The molecule has 0 aliphatic rings. The van der Waals surface area contributed by atoms with Gasteiger partial charge in [0.05, 0.1) is 17.2 Å². The average Bonchev–Trinajstić information content (AvgIpc) is 2.76. The predicted molar refractivity (Wildman–Crippen MR) is 126 cm³/mol. The van der Waals surface area contributed by atoms with Crippen molar-refractivity contribution in [2.75, 3.05) is 12.4 Å². The van der Waals surface area contributed by atoms with Gasteiger partial charge in [-0.1, -0.05) is 65.1 Å². The highest BCUT2D eigenvalue weighted by atomic mass is 35.5. The third-order valence-electron chi connectivity index (χ3n) is 4.50. The molecule has 31 heavy (non-hydrogen) atoms. The number of carbonyl (C=O) groups excluding carboxylic acids is 1. The Morgan fingerprint density at radius 1 is 1.00 bits per heavy atom. The maximum Gasteiger partial charge on any atom is 0.266 e. The number of hydrogen-bond donors (Lipinski definition) is 1. The van der Waals surface area contributed by atoms with E-state index in [1.165, 1.54) is 12.1 Å². The zero-order valence-electron chi connectivity index (χ0n) is 16.5. The molecular formula is C24H17Cl3N2O2. The van der Waals surface area contributed by atoms with Crippen LogP contribution in [0, 0.1) is 11.3 Å². The number of nitrogens with zero attached hydrogens (tertiary/aromatic N) is 1. The highest BCUT2D eigenvalue weighted by molar-refractivity contribution is 6.42. The molecule has 4 nitrogen and oxygen atoms in total. The average molecular weight is 472 g/mol. The Labute approximate surface area is 195 Å². The van der Waals surface area contributed by atoms with Crippen LogP contribution in [0.4, 0.5) is 5.69 Å². The number of anilines is 1. The van der Waals surface area contributed by atoms with Crippen molar-refractivity contribution in [2.45, 2.75) is 6.42 Å². The van der Waals surface area contributed by atoms with E-state index >= 15 is 0 Å². The van der Waals surface area contributed by atoms with E-state index in [-0.39, 0.29) is 5.57 Å². The van der Waals surface area contributed by atoms with Gasteiger partial charge in [0, 0.05) is 17.1 Å². The van der Waals surface area contributed by atoms with Crippen molar-refractivity contribution in [1.82, 2.24) is 0 Å². The van der Waals surface area contributed by atoms with E-state index in [9.17, 15) is 10.1 Å².